The molecule has 0 aliphatic rings. The highest BCUT2D eigenvalue weighted by Gasteiger charge is 2.26. The van der Waals surface area contributed by atoms with E-state index < -0.39 is 28.5 Å². The molecule has 8 nitrogen and oxygen atoms in total. The van der Waals surface area contributed by atoms with Crippen LogP contribution in [0.4, 0.5) is 0 Å². The second-order valence-corrected chi connectivity index (χ2v) is 6.19. The van der Waals surface area contributed by atoms with Crippen LogP contribution in [0.2, 0.25) is 0 Å². The average Bonchev–Trinajstić information content (AvgIpc) is 2.83. The van der Waals surface area contributed by atoms with Gasteiger partial charge in [-0.1, -0.05) is 6.92 Å². The van der Waals surface area contributed by atoms with Crippen molar-refractivity contribution in [3.8, 4) is 6.07 Å². The third-order valence-electron chi connectivity index (χ3n) is 2.60. The van der Waals surface area contributed by atoms with Crippen LogP contribution >= 0.6 is 0 Å². The van der Waals surface area contributed by atoms with Gasteiger partial charge in [0.05, 0.1) is 18.2 Å². The van der Waals surface area contributed by atoms with E-state index in [1.165, 1.54) is 10.5 Å². The van der Waals surface area contributed by atoms with E-state index in [0.717, 1.165) is 10.9 Å². The molecule has 0 aliphatic carbocycles. The summed E-state index contributed by atoms with van der Waals surface area (Å²) < 4.78 is 26.9. The number of rotatable bonds is 7. The summed E-state index contributed by atoms with van der Waals surface area (Å²) in [5.41, 5.74) is 0. The van der Waals surface area contributed by atoms with Gasteiger partial charge in [-0.3, -0.25) is 9.48 Å². The number of sulfonamides is 1. The molecule has 0 spiro atoms. The number of carbonyl (C=O) groups is 1. The second-order valence-electron chi connectivity index (χ2n) is 4.25. The van der Waals surface area contributed by atoms with Crippen LogP contribution in [0.15, 0.2) is 17.3 Å². The fourth-order valence-corrected chi connectivity index (χ4v) is 3.09. The van der Waals surface area contributed by atoms with Gasteiger partial charge in [0.2, 0.25) is 10.0 Å². The highest BCUT2D eigenvalue weighted by molar-refractivity contribution is 7.89. The molecular weight excluding hydrogens is 284 g/mol. The summed E-state index contributed by atoms with van der Waals surface area (Å²) in [5, 5.41) is 21.1. The molecule has 0 saturated carbocycles. The number of nitrogens with zero attached hydrogens (tertiary/aromatic N) is 4. The van der Waals surface area contributed by atoms with Crippen LogP contribution in [0.1, 0.15) is 13.8 Å². The normalized spacial score (nSPS) is 13.1. The summed E-state index contributed by atoms with van der Waals surface area (Å²) in [6, 6.07) is 1.98. The van der Waals surface area contributed by atoms with Crippen molar-refractivity contribution in [2.24, 2.45) is 5.92 Å². The van der Waals surface area contributed by atoms with Crippen LogP contribution in [0, 0.1) is 17.2 Å². The van der Waals surface area contributed by atoms with Gasteiger partial charge < -0.3 is 5.11 Å². The quantitative estimate of drug-likeness (QED) is 0.765. The van der Waals surface area contributed by atoms with Crippen molar-refractivity contribution in [3.63, 3.8) is 0 Å². The Morgan fingerprint density at radius 3 is 2.80 bits per heavy atom. The van der Waals surface area contributed by atoms with Gasteiger partial charge in [0.1, 0.15) is 11.4 Å². The van der Waals surface area contributed by atoms with E-state index in [9.17, 15) is 13.2 Å². The Labute approximate surface area is 117 Å². The first kappa shape index (κ1) is 16.1. The summed E-state index contributed by atoms with van der Waals surface area (Å²) >= 11 is 0. The van der Waals surface area contributed by atoms with Gasteiger partial charge in [-0.2, -0.15) is 14.7 Å². The molecule has 0 bridgehead atoms. The van der Waals surface area contributed by atoms with Crippen molar-refractivity contribution >= 4 is 16.0 Å². The Bertz CT molecular complexity index is 617. The van der Waals surface area contributed by atoms with E-state index in [2.05, 4.69) is 5.10 Å². The predicted molar refractivity (Wildman–Crippen MR) is 69.1 cm³/mol. The van der Waals surface area contributed by atoms with Crippen LogP contribution in [-0.2, 0) is 21.4 Å². The lowest BCUT2D eigenvalue weighted by molar-refractivity contribution is -0.137. The molecule has 1 unspecified atom stereocenters. The molecule has 1 aromatic heterocycles. The zero-order valence-electron chi connectivity index (χ0n) is 11.2. The van der Waals surface area contributed by atoms with Crippen molar-refractivity contribution in [2.75, 3.05) is 13.1 Å². The number of aliphatic carboxylic acids is 1. The Morgan fingerprint density at radius 1 is 1.65 bits per heavy atom. The maximum absolute atomic E-state index is 12.3. The van der Waals surface area contributed by atoms with Gasteiger partial charge in [-0.25, -0.2) is 8.42 Å². The fraction of sp³-hybridized carbons (Fsp3) is 0.545. The highest BCUT2D eigenvalue weighted by Crippen LogP contribution is 2.16. The van der Waals surface area contributed by atoms with Gasteiger partial charge in [-0.15, -0.1) is 0 Å². The Kier molecular flexibility index (Phi) is 5.24. The molecule has 110 valence electrons. The van der Waals surface area contributed by atoms with Crippen LogP contribution in [0.25, 0.3) is 0 Å². The van der Waals surface area contributed by atoms with Gasteiger partial charge in [0.15, 0.2) is 0 Å². The minimum atomic E-state index is -3.77. The molecule has 1 heterocycles. The first-order valence-corrected chi connectivity index (χ1v) is 7.39. The van der Waals surface area contributed by atoms with Crippen molar-refractivity contribution in [1.29, 1.82) is 5.26 Å². The molecule has 1 rings (SSSR count). The summed E-state index contributed by atoms with van der Waals surface area (Å²) in [6.07, 6.45) is 2.28. The molecule has 0 amide bonds. The molecule has 1 N–H and O–H groups in total. The Hall–Kier alpha value is -1.92. The van der Waals surface area contributed by atoms with Crippen molar-refractivity contribution in [3.05, 3.63) is 12.4 Å². The van der Waals surface area contributed by atoms with Gasteiger partial charge in [0.25, 0.3) is 0 Å². The summed E-state index contributed by atoms with van der Waals surface area (Å²) in [5.74, 6) is -1.54. The molecule has 0 saturated heterocycles. The lowest BCUT2D eigenvalue weighted by Crippen LogP contribution is -2.34. The zero-order chi connectivity index (χ0) is 15.3. The first-order chi connectivity index (χ1) is 9.31. The molecule has 20 heavy (non-hydrogen) atoms. The minimum Gasteiger partial charge on any atom is -0.480 e. The van der Waals surface area contributed by atoms with Crippen LogP contribution < -0.4 is 0 Å². The van der Waals surface area contributed by atoms with E-state index in [1.54, 1.807) is 13.8 Å². The summed E-state index contributed by atoms with van der Waals surface area (Å²) in [6.45, 7) is 3.20. The molecule has 0 aliphatic heterocycles. The zero-order valence-corrected chi connectivity index (χ0v) is 12.0. The number of carboxylic acid groups (broad SMARTS) is 1. The van der Waals surface area contributed by atoms with E-state index in [-0.39, 0.29) is 18.0 Å². The van der Waals surface area contributed by atoms with Crippen LogP contribution in [-0.4, -0.2) is 46.7 Å². The van der Waals surface area contributed by atoms with E-state index in [4.69, 9.17) is 10.4 Å². The molecule has 0 radical (unpaired) electrons. The number of nitriles is 1. The van der Waals surface area contributed by atoms with Crippen molar-refractivity contribution in [2.45, 2.75) is 25.3 Å². The SMILES string of the molecule is CCN(CC(C)C#N)S(=O)(=O)c1cnn(CC(=O)O)c1. The predicted octanol–water partition coefficient (Wildman–Crippen LogP) is 0.138. The molecule has 1 atom stereocenters. The maximum Gasteiger partial charge on any atom is 0.325 e. The van der Waals surface area contributed by atoms with Crippen molar-refractivity contribution < 1.29 is 18.3 Å². The third-order valence-corrected chi connectivity index (χ3v) is 4.49. The second kappa shape index (κ2) is 6.49. The van der Waals surface area contributed by atoms with E-state index >= 15 is 0 Å². The van der Waals surface area contributed by atoms with E-state index in [1.807, 2.05) is 6.07 Å². The largest absolute Gasteiger partial charge is 0.480 e. The third kappa shape index (κ3) is 3.79. The smallest absolute Gasteiger partial charge is 0.325 e. The van der Waals surface area contributed by atoms with Gasteiger partial charge in [-0.05, 0) is 6.92 Å². The number of aromatic nitrogens is 2. The standard InChI is InChI=1S/C11H16N4O4S/c1-3-15(6-9(2)4-12)20(18,19)10-5-13-14(7-10)8-11(16)17/h5,7,9H,3,6,8H2,1-2H3,(H,16,17). The monoisotopic (exact) mass is 300 g/mol. The van der Waals surface area contributed by atoms with Crippen molar-refractivity contribution in [1.82, 2.24) is 14.1 Å². The molecule has 1 aromatic rings. The number of hydrogen-bond acceptors (Lipinski definition) is 5. The minimum absolute atomic E-state index is 0.0780. The summed E-state index contributed by atoms with van der Waals surface area (Å²) in [4.78, 5) is 10.5. The highest BCUT2D eigenvalue weighted by atomic mass is 32.2. The molecular formula is C11H16N4O4S. The summed E-state index contributed by atoms with van der Waals surface area (Å²) in [7, 11) is -3.77. The van der Waals surface area contributed by atoms with Crippen LogP contribution in [0.3, 0.4) is 0 Å². The Morgan fingerprint density at radius 2 is 2.30 bits per heavy atom. The molecule has 0 aromatic carbocycles. The number of hydrogen-bond donors (Lipinski definition) is 1. The molecule has 9 heteroatoms. The Balaban J connectivity index is 2.99. The van der Waals surface area contributed by atoms with E-state index in [0.29, 0.717) is 0 Å². The maximum atomic E-state index is 12.3. The van der Waals surface area contributed by atoms with Gasteiger partial charge >= 0.3 is 5.97 Å². The lowest BCUT2D eigenvalue weighted by Gasteiger charge is -2.20. The number of carboxylic acids is 1. The first-order valence-electron chi connectivity index (χ1n) is 5.95. The van der Waals surface area contributed by atoms with Gasteiger partial charge in [0, 0.05) is 19.3 Å². The topological polar surface area (TPSA) is 116 Å². The average molecular weight is 300 g/mol. The molecule has 0 fully saturated rings. The lowest BCUT2D eigenvalue weighted by atomic mass is 10.2. The van der Waals surface area contributed by atoms with Crippen LogP contribution in [0.5, 0.6) is 0 Å². The fourth-order valence-electron chi connectivity index (χ4n) is 1.60.